The third-order valence-corrected chi connectivity index (χ3v) is 5.62. The molecular weight excluding hydrogens is 336 g/mol. The van der Waals surface area contributed by atoms with Gasteiger partial charge in [-0.05, 0) is 38.3 Å². The molecule has 1 aliphatic rings. The Bertz CT molecular complexity index is 780. The number of rotatable bonds is 4. The molecule has 0 bridgehead atoms. The zero-order chi connectivity index (χ0) is 18.0. The van der Waals surface area contributed by atoms with Crippen molar-refractivity contribution >= 4 is 23.2 Å². The Morgan fingerprint density at radius 1 is 1.36 bits per heavy atom. The first-order valence-electron chi connectivity index (χ1n) is 8.59. The van der Waals surface area contributed by atoms with Gasteiger partial charge in [-0.25, -0.2) is 4.98 Å². The lowest BCUT2D eigenvalue weighted by molar-refractivity contribution is -0.132. The minimum absolute atomic E-state index is 0.0550. The molecule has 2 amide bonds. The first-order chi connectivity index (χ1) is 12.0. The van der Waals surface area contributed by atoms with Crippen LogP contribution in [0.2, 0.25) is 0 Å². The topological polar surface area (TPSA) is 67.2 Å². The predicted octanol–water partition coefficient (Wildman–Crippen LogP) is 2.79. The number of amides is 2. The van der Waals surface area contributed by atoms with Crippen molar-refractivity contribution in [2.24, 2.45) is 7.05 Å². The quantitative estimate of drug-likeness (QED) is 0.912. The molecule has 25 heavy (non-hydrogen) atoms. The number of nitrogens with zero attached hydrogens (tertiary/aromatic N) is 3. The molecule has 0 saturated carbocycles. The average Bonchev–Trinajstić information content (AvgIpc) is 3.18. The molecule has 0 aromatic carbocycles. The van der Waals surface area contributed by atoms with E-state index in [2.05, 4.69) is 10.3 Å². The van der Waals surface area contributed by atoms with E-state index in [1.165, 1.54) is 0 Å². The minimum atomic E-state index is -0.119. The van der Waals surface area contributed by atoms with Gasteiger partial charge in [-0.3, -0.25) is 9.59 Å². The highest BCUT2D eigenvalue weighted by Gasteiger charge is 2.28. The number of hydrogen-bond acceptors (Lipinski definition) is 4. The van der Waals surface area contributed by atoms with E-state index in [4.69, 9.17) is 0 Å². The molecule has 2 aromatic heterocycles. The van der Waals surface area contributed by atoms with E-state index < -0.39 is 0 Å². The van der Waals surface area contributed by atoms with Crippen molar-refractivity contribution in [1.82, 2.24) is 19.8 Å². The lowest BCUT2D eigenvalue weighted by Gasteiger charge is -2.35. The van der Waals surface area contributed by atoms with Crippen LogP contribution in [0, 0.1) is 6.92 Å². The lowest BCUT2D eigenvalue weighted by atomic mass is 9.99. The van der Waals surface area contributed by atoms with E-state index in [1.54, 1.807) is 18.3 Å². The smallest absolute Gasteiger partial charge is 0.268 e. The fraction of sp³-hybridized carbons (Fsp3) is 0.500. The number of carbonyl (C=O) groups excluding carboxylic acids is 2. The van der Waals surface area contributed by atoms with Crippen LogP contribution in [0.15, 0.2) is 18.3 Å². The first kappa shape index (κ1) is 17.7. The van der Waals surface area contributed by atoms with Crippen molar-refractivity contribution in [2.75, 3.05) is 6.54 Å². The maximum absolute atomic E-state index is 12.5. The SMILES string of the molecule is CC(=O)N1CCCC[C@H]1c1ccc(C(=O)NCc2ncc(C)s2)n1C. The van der Waals surface area contributed by atoms with Crippen molar-refractivity contribution in [2.45, 2.75) is 45.7 Å². The number of carbonyl (C=O) groups is 2. The summed E-state index contributed by atoms with van der Waals surface area (Å²) >= 11 is 1.58. The van der Waals surface area contributed by atoms with Crippen LogP contribution in [0.25, 0.3) is 0 Å². The monoisotopic (exact) mass is 360 g/mol. The molecule has 6 nitrogen and oxygen atoms in total. The summed E-state index contributed by atoms with van der Waals surface area (Å²) in [6.45, 7) is 4.83. The summed E-state index contributed by atoms with van der Waals surface area (Å²) in [5.74, 6) is -0.0252. The second-order valence-electron chi connectivity index (χ2n) is 6.47. The van der Waals surface area contributed by atoms with Crippen molar-refractivity contribution < 1.29 is 9.59 Å². The Labute approximate surface area is 151 Å². The molecule has 1 aliphatic heterocycles. The van der Waals surface area contributed by atoms with Crippen LogP contribution in [-0.4, -0.2) is 32.8 Å². The second-order valence-corrected chi connectivity index (χ2v) is 7.79. The van der Waals surface area contributed by atoms with Gasteiger partial charge in [0.1, 0.15) is 10.7 Å². The zero-order valence-electron chi connectivity index (χ0n) is 14.9. The largest absolute Gasteiger partial charge is 0.344 e. The van der Waals surface area contributed by atoms with Crippen molar-refractivity contribution in [3.63, 3.8) is 0 Å². The Morgan fingerprint density at radius 3 is 2.84 bits per heavy atom. The predicted molar refractivity (Wildman–Crippen MR) is 97.4 cm³/mol. The number of piperidine rings is 1. The van der Waals surface area contributed by atoms with E-state index in [9.17, 15) is 9.59 Å². The summed E-state index contributed by atoms with van der Waals surface area (Å²) in [5.41, 5.74) is 1.63. The van der Waals surface area contributed by atoms with Crippen LogP contribution in [0.3, 0.4) is 0 Å². The van der Waals surface area contributed by atoms with Gasteiger partial charge in [-0.2, -0.15) is 0 Å². The maximum Gasteiger partial charge on any atom is 0.268 e. The molecule has 3 heterocycles. The van der Waals surface area contributed by atoms with Crippen LogP contribution < -0.4 is 5.32 Å². The molecule has 0 aliphatic carbocycles. The fourth-order valence-corrected chi connectivity index (χ4v) is 4.16. The number of aromatic nitrogens is 2. The summed E-state index contributed by atoms with van der Waals surface area (Å²) in [6.07, 6.45) is 4.90. The average molecular weight is 360 g/mol. The van der Waals surface area contributed by atoms with Gasteiger partial charge in [0.25, 0.3) is 5.91 Å². The fourth-order valence-electron chi connectivity index (χ4n) is 3.44. The molecule has 3 rings (SSSR count). The summed E-state index contributed by atoms with van der Waals surface area (Å²) in [6, 6.07) is 3.86. The zero-order valence-corrected chi connectivity index (χ0v) is 15.7. The first-order valence-corrected chi connectivity index (χ1v) is 9.41. The van der Waals surface area contributed by atoms with E-state index >= 15 is 0 Å². The van der Waals surface area contributed by atoms with Crippen molar-refractivity contribution in [3.8, 4) is 0 Å². The van der Waals surface area contributed by atoms with Crippen LogP contribution in [0.4, 0.5) is 0 Å². The molecule has 1 saturated heterocycles. The molecule has 1 atom stereocenters. The number of nitrogens with one attached hydrogen (secondary N) is 1. The number of thiazole rings is 1. The molecule has 0 radical (unpaired) electrons. The second kappa shape index (κ2) is 7.39. The molecule has 0 spiro atoms. The molecule has 0 unspecified atom stereocenters. The van der Waals surface area contributed by atoms with Crippen LogP contribution in [0.5, 0.6) is 0 Å². The lowest BCUT2D eigenvalue weighted by Crippen LogP contribution is -2.38. The van der Waals surface area contributed by atoms with E-state index in [0.29, 0.717) is 12.2 Å². The van der Waals surface area contributed by atoms with Gasteiger partial charge in [0.05, 0.1) is 12.6 Å². The van der Waals surface area contributed by atoms with E-state index in [1.807, 2.05) is 41.8 Å². The molecule has 1 fully saturated rings. The van der Waals surface area contributed by atoms with Gasteiger partial charge in [0.2, 0.25) is 5.91 Å². The molecule has 2 aromatic rings. The Morgan fingerprint density at radius 2 is 2.16 bits per heavy atom. The van der Waals surface area contributed by atoms with Gasteiger partial charge in [0.15, 0.2) is 0 Å². The highest BCUT2D eigenvalue weighted by atomic mass is 32.1. The molecule has 1 N–H and O–H groups in total. The number of aryl methyl sites for hydroxylation is 1. The van der Waals surface area contributed by atoms with Gasteiger partial charge in [0, 0.05) is 37.3 Å². The Balaban J connectivity index is 1.73. The van der Waals surface area contributed by atoms with Crippen molar-refractivity contribution in [3.05, 3.63) is 39.6 Å². The maximum atomic E-state index is 12.5. The molecular formula is C18H24N4O2S. The third kappa shape index (κ3) is 3.76. The summed E-state index contributed by atoms with van der Waals surface area (Å²) in [4.78, 5) is 31.8. The normalized spacial score (nSPS) is 17.6. The highest BCUT2D eigenvalue weighted by molar-refractivity contribution is 7.11. The summed E-state index contributed by atoms with van der Waals surface area (Å²) < 4.78 is 1.91. The summed E-state index contributed by atoms with van der Waals surface area (Å²) in [7, 11) is 1.89. The Kier molecular flexibility index (Phi) is 5.22. The number of hydrogen-bond donors (Lipinski definition) is 1. The van der Waals surface area contributed by atoms with E-state index in [-0.39, 0.29) is 17.9 Å². The molecule has 7 heteroatoms. The van der Waals surface area contributed by atoms with Gasteiger partial charge in [-0.15, -0.1) is 11.3 Å². The summed E-state index contributed by atoms with van der Waals surface area (Å²) in [5, 5.41) is 3.83. The Hall–Kier alpha value is -2.15. The van der Waals surface area contributed by atoms with Crippen LogP contribution in [0.1, 0.15) is 58.3 Å². The third-order valence-electron chi connectivity index (χ3n) is 4.71. The standard InChI is InChI=1S/C18H24N4O2S/c1-12-10-19-17(25-12)11-20-18(24)16-8-7-14(21(16)3)15-6-4-5-9-22(15)13(2)23/h7-8,10,15H,4-6,9,11H2,1-3H3,(H,20,24)/t15-/m0/s1. The minimum Gasteiger partial charge on any atom is -0.344 e. The van der Waals surface area contributed by atoms with Gasteiger partial charge in [-0.1, -0.05) is 0 Å². The molecule has 134 valence electrons. The highest BCUT2D eigenvalue weighted by Crippen LogP contribution is 2.31. The number of likely N-dealkylation sites (tertiary alicyclic amines) is 1. The van der Waals surface area contributed by atoms with E-state index in [0.717, 1.165) is 41.4 Å². The van der Waals surface area contributed by atoms with Crippen LogP contribution >= 0.6 is 11.3 Å². The van der Waals surface area contributed by atoms with Crippen molar-refractivity contribution in [1.29, 1.82) is 0 Å². The van der Waals surface area contributed by atoms with Gasteiger partial charge < -0.3 is 14.8 Å². The van der Waals surface area contributed by atoms with Crippen LogP contribution in [-0.2, 0) is 18.4 Å². The van der Waals surface area contributed by atoms with Gasteiger partial charge >= 0.3 is 0 Å².